The molecule has 1 amide bonds. The Balaban J connectivity index is 1.04. The van der Waals surface area contributed by atoms with Crippen molar-refractivity contribution in [2.24, 2.45) is 0 Å². The number of hydrogen-bond donors (Lipinski definition) is 0. The van der Waals surface area contributed by atoms with E-state index >= 15 is 4.39 Å². The van der Waals surface area contributed by atoms with Crippen molar-refractivity contribution in [1.82, 2.24) is 29.7 Å². The maximum atomic E-state index is 16.9. The predicted octanol–water partition coefficient (Wildman–Crippen LogP) is 5.27. The second kappa shape index (κ2) is 13.2. The van der Waals surface area contributed by atoms with Gasteiger partial charge in [-0.25, -0.2) is 8.78 Å². The Labute approximate surface area is 300 Å². The summed E-state index contributed by atoms with van der Waals surface area (Å²) < 4.78 is 43.2. The van der Waals surface area contributed by atoms with Gasteiger partial charge in [-0.05, 0) is 37.3 Å². The van der Waals surface area contributed by atoms with Crippen molar-refractivity contribution in [2.45, 2.75) is 49.5 Å². The number of halogens is 3. The highest BCUT2D eigenvalue weighted by molar-refractivity contribution is 6.36. The van der Waals surface area contributed by atoms with Crippen LogP contribution < -0.4 is 9.64 Å². The molecule has 2 unspecified atom stereocenters. The Morgan fingerprint density at radius 2 is 1.88 bits per heavy atom. The fourth-order valence-corrected chi connectivity index (χ4v) is 9.22. The zero-order valence-electron chi connectivity index (χ0n) is 28.3. The van der Waals surface area contributed by atoms with Crippen molar-refractivity contribution in [3.8, 4) is 17.3 Å². The number of carbonyl (C=O) groups is 1. The first-order chi connectivity index (χ1) is 24.9. The number of rotatable bonds is 8. The molecule has 6 fully saturated rings. The molecule has 2 aromatic carbocycles. The van der Waals surface area contributed by atoms with Crippen molar-refractivity contribution < 1.29 is 23.0 Å². The molecule has 0 N–H and O–H groups in total. The number of pyridine rings is 1. The van der Waals surface area contributed by atoms with Crippen LogP contribution in [0.3, 0.4) is 0 Å². The Morgan fingerprint density at radius 1 is 1.08 bits per heavy atom. The van der Waals surface area contributed by atoms with Crippen LogP contribution in [-0.4, -0.2) is 125 Å². The highest BCUT2D eigenvalue weighted by atomic mass is 35.5. The lowest BCUT2D eigenvalue weighted by Gasteiger charge is -2.56. The number of morpholine rings is 1. The van der Waals surface area contributed by atoms with Crippen LogP contribution >= 0.6 is 11.6 Å². The summed E-state index contributed by atoms with van der Waals surface area (Å²) in [5.41, 5.74) is 0.391. The van der Waals surface area contributed by atoms with Crippen molar-refractivity contribution in [2.75, 3.05) is 70.5 Å². The average Bonchev–Trinajstić information content (AvgIpc) is 3.67. The van der Waals surface area contributed by atoms with Gasteiger partial charge < -0.3 is 19.3 Å². The smallest absolute Gasteiger partial charge is 0.319 e. The number of benzene rings is 2. The normalized spacial score (nSPS) is 26.7. The molecule has 4 atom stereocenters. The Morgan fingerprint density at radius 3 is 2.71 bits per heavy atom. The molecule has 0 aliphatic carbocycles. The second-order valence-corrected chi connectivity index (χ2v) is 14.9. The number of alkyl halides is 1. The number of piperidine rings is 1. The minimum Gasteiger partial charge on any atom is -0.461 e. The number of hydrogen-bond acceptors (Lipinski definition) is 9. The molecule has 0 spiro atoms. The first kappa shape index (κ1) is 32.9. The molecule has 10 nitrogen and oxygen atoms in total. The van der Waals surface area contributed by atoms with Crippen molar-refractivity contribution >= 4 is 45.0 Å². The van der Waals surface area contributed by atoms with Gasteiger partial charge in [-0.3, -0.25) is 19.6 Å². The largest absolute Gasteiger partial charge is 0.461 e. The lowest BCUT2D eigenvalue weighted by atomic mass is 9.87. The third-order valence-corrected chi connectivity index (χ3v) is 11.8. The third kappa shape index (κ3) is 5.90. The lowest BCUT2D eigenvalue weighted by Crippen LogP contribution is -2.70. The number of aromatic nitrogens is 3. The maximum Gasteiger partial charge on any atom is 0.319 e. The number of carbonyl (C=O) groups excluding carboxylic acids is 1. The number of anilines is 1. The first-order valence-corrected chi connectivity index (χ1v) is 18.3. The number of fused-ring (bicyclic) bond motifs is 5. The molecule has 4 aromatic rings. The van der Waals surface area contributed by atoms with Gasteiger partial charge in [0, 0.05) is 73.9 Å². The van der Waals surface area contributed by atoms with E-state index in [9.17, 15) is 9.18 Å². The Hall–Kier alpha value is -3.97. The summed E-state index contributed by atoms with van der Waals surface area (Å²) in [6.45, 7) is 6.38. The van der Waals surface area contributed by atoms with Gasteiger partial charge in [-0.1, -0.05) is 48.0 Å². The number of ether oxygens (including phenoxy) is 2. The van der Waals surface area contributed by atoms with Crippen LogP contribution in [0.4, 0.5) is 14.6 Å². The van der Waals surface area contributed by atoms with Gasteiger partial charge in [-0.15, -0.1) is 0 Å². The Kier molecular flexibility index (Phi) is 8.53. The molecule has 0 saturated carbocycles. The highest BCUT2D eigenvalue weighted by Crippen LogP contribution is 2.43. The fourth-order valence-electron chi connectivity index (χ4n) is 8.94. The fraction of sp³-hybridized carbons (Fsp3) is 0.474. The van der Waals surface area contributed by atoms with Crippen LogP contribution in [0.15, 0.2) is 54.7 Å². The van der Waals surface area contributed by atoms with Gasteiger partial charge in [0.05, 0.1) is 36.2 Å². The second-order valence-electron chi connectivity index (χ2n) is 14.5. The van der Waals surface area contributed by atoms with Gasteiger partial charge in [0.25, 0.3) is 0 Å². The summed E-state index contributed by atoms with van der Waals surface area (Å²) in [6.07, 6.45) is 7.44. The summed E-state index contributed by atoms with van der Waals surface area (Å²) in [4.78, 5) is 35.9. The minimum absolute atomic E-state index is 0.00282. The van der Waals surface area contributed by atoms with Crippen molar-refractivity contribution in [3.63, 3.8) is 0 Å². The summed E-state index contributed by atoms with van der Waals surface area (Å²) >= 11 is 6.64. The van der Waals surface area contributed by atoms with Crippen LogP contribution in [0.2, 0.25) is 5.02 Å². The number of piperazine rings is 1. The molecule has 13 heteroatoms. The molecule has 51 heavy (non-hydrogen) atoms. The summed E-state index contributed by atoms with van der Waals surface area (Å²) in [7, 11) is 0. The monoisotopic (exact) mass is 715 g/mol. The highest BCUT2D eigenvalue weighted by Gasteiger charge is 2.50. The zero-order chi connectivity index (χ0) is 34.7. The molecular weight excluding hydrogens is 676 g/mol. The molecular formula is C38H40ClF2N7O3. The standard InChI is InChI=1S/C38H40ClF2N7O3/c39-30-8-2-6-24-5-1-7-28(32(24)30)34-33(41)35-29(19-42-34)36(44-37(43-35)51-23-38-10-4-12-47(38)20-25(40)18-38)48-26-17-27(48)22-46(21-26)31(49)9-3-11-45-13-15-50-16-14-45/h1-3,5-9,19,25-27H,4,10-18,20-23H2/b9-3+/t25-,26?,27?,38+/m1/s1. The average molecular weight is 716 g/mol. The van der Waals surface area contributed by atoms with Gasteiger partial charge in [0.1, 0.15) is 29.8 Å². The van der Waals surface area contributed by atoms with Gasteiger partial charge in [0.2, 0.25) is 5.91 Å². The van der Waals surface area contributed by atoms with Crippen LogP contribution in [0, 0.1) is 5.82 Å². The maximum absolute atomic E-state index is 16.9. The van der Waals surface area contributed by atoms with Crippen LogP contribution in [0.1, 0.15) is 25.7 Å². The lowest BCUT2D eigenvalue weighted by molar-refractivity contribution is -0.129. The molecule has 8 heterocycles. The van der Waals surface area contributed by atoms with Gasteiger partial charge in [0.15, 0.2) is 5.82 Å². The molecule has 6 saturated heterocycles. The van der Waals surface area contributed by atoms with Crippen LogP contribution in [-0.2, 0) is 9.53 Å². The molecule has 2 bridgehead atoms. The van der Waals surface area contributed by atoms with Crippen LogP contribution in [0.5, 0.6) is 6.01 Å². The third-order valence-electron chi connectivity index (χ3n) is 11.5. The van der Waals surface area contributed by atoms with Crippen molar-refractivity contribution in [3.05, 3.63) is 65.6 Å². The predicted molar refractivity (Wildman–Crippen MR) is 191 cm³/mol. The van der Waals surface area contributed by atoms with Gasteiger partial charge in [-0.2, -0.15) is 9.97 Å². The van der Waals surface area contributed by atoms with Gasteiger partial charge >= 0.3 is 6.01 Å². The number of amides is 1. The van der Waals surface area contributed by atoms with E-state index in [1.165, 1.54) is 0 Å². The van der Waals surface area contributed by atoms with E-state index in [2.05, 4.69) is 24.7 Å². The van der Waals surface area contributed by atoms with Crippen LogP contribution in [0.25, 0.3) is 32.9 Å². The van der Waals surface area contributed by atoms with E-state index in [0.29, 0.717) is 73.0 Å². The van der Waals surface area contributed by atoms with E-state index in [0.717, 1.165) is 44.3 Å². The van der Waals surface area contributed by atoms with E-state index in [4.69, 9.17) is 26.1 Å². The Bertz CT molecular complexity index is 2010. The first-order valence-electron chi connectivity index (χ1n) is 18.0. The SMILES string of the molecule is O=C(/C=C/CN1CCOCC1)N1CC2CC(C1)N2c1nc(OC[C@@]23CCCN2C[C@H](F)C3)nc2c(F)c(-c3cccc4cccc(Cl)c34)ncc12. The molecule has 6 aliphatic heterocycles. The minimum atomic E-state index is -0.902. The van der Waals surface area contributed by atoms with E-state index in [1.54, 1.807) is 18.3 Å². The summed E-state index contributed by atoms with van der Waals surface area (Å²) in [5.74, 6) is -0.0641. The quantitative estimate of drug-likeness (QED) is 0.227. The zero-order valence-corrected chi connectivity index (χ0v) is 29.1. The molecule has 6 aliphatic rings. The molecule has 2 aromatic heterocycles. The molecule has 10 rings (SSSR count). The summed E-state index contributed by atoms with van der Waals surface area (Å²) in [5, 5.41) is 2.56. The van der Waals surface area contributed by atoms with Crippen molar-refractivity contribution in [1.29, 1.82) is 0 Å². The number of nitrogens with zero attached hydrogens (tertiary/aromatic N) is 7. The van der Waals surface area contributed by atoms with E-state index in [-0.39, 0.29) is 41.8 Å². The van der Waals surface area contributed by atoms with E-state index in [1.807, 2.05) is 41.3 Å². The van der Waals surface area contributed by atoms with E-state index < -0.39 is 17.5 Å². The topological polar surface area (TPSA) is 87.2 Å². The summed E-state index contributed by atoms with van der Waals surface area (Å²) in [6, 6.07) is 11.2. The molecule has 266 valence electrons. The molecule has 0 radical (unpaired) electrons.